The lowest BCUT2D eigenvalue weighted by Crippen LogP contribution is -2.01. The summed E-state index contributed by atoms with van der Waals surface area (Å²) >= 11 is 1.90. The molecule has 0 radical (unpaired) electrons. The van der Waals surface area contributed by atoms with Gasteiger partial charge in [-0.2, -0.15) is 0 Å². The van der Waals surface area contributed by atoms with E-state index in [2.05, 4.69) is 182 Å². The van der Waals surface area contributed by atoms with Crippen molar-refractivity contribution >= 4 is 31.5 Å². The van der Waals surface area contributed by atoms with Crippen molar-refractivity contribution in [1.29, 1.82) is 0 Å². The SMILES string of the molecule is c1ccc(-c2nc(-c3ccccc3)nc(-c3cc(-c4ccccc4-c4ccccc4)ccc3-c3ccc4c(c3)sc3c5c(ccc34)C(c3ccccc3)c3ccccc3-5)n2)cc1. The van der Waals surface area contributed by atoms with Crippen molar-refractivity contribution < 1.29 is 0 Å². The quantitative estimate of drug-likeness (QED) is 0.161. The number of hydrogen-bond acceptors (Lipinski definition) is 4. The predicted octanol–water partition coefficient (Wildman–Crippen LogP) is 15.4. The molecule has 1 aliphatic carbocycles. The van der Waals surface area contributed by atoms with Gasteiger partial charge in [-0.25, -0.2) is 15.0 Å². The Balaban J connectivity index is 1.07. The number of thiophene rings is 1. The molecule has 11 aromatic rings. The monoisotopic (exact) mass is 807 g/mol. The van der Waals surface area contributed by atoms with E-state index in [-0.39, 0.29) is 5.92 Å². The van der Waals surface area contributed by atoms with Gasteiger partial charge >= 0.3 is 0 Å². The van der Waals surface area contributed by atoms with E-state index >= 15 is 0 Å². The molecule has 1 atom stereocenters. The fourth-order valence-electron chi connectivity index (χ4n) is 9.37. The smallest absolute Gasteiger partial charge is 0.164 e. The van der Waals surface area contributed by atoms with Crippen LogP contribution in [0.15, 0.2) is 218 Å². The Hall–Kier alpha value is -7.79. The third-order valence-corrected chi connectivity index (χ3v) is 13.4. The summed E-state index contributed by atoms with van der Waals surface area (Å²) in [6, 6.07) is 78.0. The molecule has 1 unspecified atom stereocenters. The van der Waals surface area contributed by atoms with Gasteiger partial charge in [0.05, 0.1) is 0 Å². The minimum absolute atomic E-state index is 0.211. The summed E-state index contributed by atoms with van der Waals surface area (Å²) < 4.78 is 2.59. The van der Waals surface area contributed by atoms with Crippen LogP contribution in [0.3, 0.4) is 0 Å². The van der Waals surface area contributed by atoms with E-state index in [1.807, 2.05) is 47.7 Å². The molecule has 0 bridgehead atoms. The normalized spacial score (nSPS) is 13.0. The van der Waals surface area contributed by atoms with Crippen LogP contribution in [0.5, 0.6) is 0 Å². The molecule has 0 amide bonds. The fourth-order valence-corrected chi connectivity index (χ4v) is 10.7. The van der Waals surface area contributed by atoms with Crippen LogP contribution >= 0.6 is 11.3 Å². The molecule has 2 heterocycles. The third-order valence-electron chi connectivity index (χ3n) is 12.3. The van der Waals surface area contributed by atoms with E-state index in [0.29, 0.717) is 17.5 Å². The Bertz CT molecular complexity index is 3390. The Morgan fingerprint density at radius 2 is 0.823 bits per heavy atom. The first-order chi connectivity index (χ1) is 30.7. The Morgan fingerprint density at radius 1 is 0.323 bits per heavy atom. The zero-order valence-corrected chi connectivity index (χ0v) is 34.4. The average molecular weight is 808 g/mol. The van der Waals surface area contributed by atoms with Crippen molar-refractivity contribution in [2.75, 3.05) is 0 Å². The van der Waals surface area contributed by atoms with Crippen molar-refractivity contribution in [3.8, 4) is 78.7 Å². The highest BCUT2D eigenvalue weighted by molar-refractivity contribution is 7.26. The number of benzene rings is 9. The zero-order chi connectivity index (χ0) is 41.0. The summed E-state index contributed by atoms with van der Waals surface area (Å²) in [6.45, 7) is 0. The first-order valence-corrected chi connectivity index (χ1v) is 21.9. The number of fused-ring (bicyclic) bond motifs is 7. The third kappa shape index (κ3) is 6.15. The van der Waals surface area contributed by atoms with Gasteiger partial charge in [0, 0.05) is 48.3 Å². The van der Waals surface area contributed by atoms with Crippen molar-refractivity contribution in [2.45, 2.75) is 5.92 Å². The summed E-state index contributed by atoms with van der Waals surface area (Å²) in [6.07, 6.45) is 0. The molecule has 4 heteroatoms. The molecule has 0 aliphatic heterocycles. The zero-order valence-electron chi connectivity index (χ0n) is 33.6. The molecule has 0 spiro atoms. The first-order valence-electron chi connectivity index (χ1n) is 21.1. The van der Waals surface area contributed by atoms with Gasteiger partial charge < -0.3 is 0 Å². The van der Waals surface area contributed by atoms with Crippen LogP contribution in [-0.2, 0) is 0 Å². The van der Waals surface area contributed by atoms with Gasteiger partial charge in [0.25, 0.3) is 0 Å². The van der Waals surface area contributed by atoms with Crippen molar-refractivity contribution in [3.63, 3.8) is 0 Å². The first kappa shape index (κ1) is 36.1. The maximum Gasteiger partial charge on any atom is 0.164 e. The molecule has 2 aromatic heterocycles. The van der Waals surface area contributed by atoms with Gasteiger partial charge in [-0.05, 0) is 67.8 Å². The lowest BCUT2D eigenvalue weighted by molar-refractivity contribution is 1.02. The molecular weight excluding hydrogens is 771 g/mol. The topological polar surface area (TPSA) is 38.7 Å². The summed E-state index contributed by atoms with van der Waals surface area (Å²) in [5.74, 6) is 2.11. The Labute approximate surface area is 364 Å². The fraction of sp³-hybridized carbons (Fsp3) is 0.0172. The van der Waals surface area contributed by atoms with E-state index < -0.39 is 0 Å². The molecule has 9 aromatic carbocycles. The van der Waals surface area contributed by atoms with E-state index in [4.69, 9.17) is 15.0 Å². The van der Waals surface area contributed by atoms with E-state index in [0.717, 1.165) is 38.9 Å². The van der Waals surface area contributed by atoms with Gasteiger partial charge in [-0.3, -0.25) is 0 Å². The summed E-state index contributed by atoms with van der Waals surface area (Å²) in [5, 5.41) is 2.56. The Morgan fingerprint density at radius 3 is 1.50 bits per heavy atom. The molecule has 0 saturated carbocycles. The van der Waals surface area contributed by atoms with Crippen LogP contribution < -0.4 is 0 Å². The van der Waals surface area contributed by atoms with Crippen LogP contribution in [0.2, 0.25) is 0 Å². The summed E-state index contributed by atoms with van der Waals surface area (Å²) in [5.41, 5.74) is 16.4. The molecule has 3 nitrogen and oxygen atoms in total. The number of rotatable bonds is 7. The lowest BCUT2D eigenvalue weighted by atomic mass is 9.89. The Kier molecular flexibility index (Phi) is 8.75. The standard InChI is InChI=1S/C58H37N3S/c1-5-17-37(18-6-1)43-25-13-14-26-44(43)41-29-31-45(51(35-41)58-60-56(39-21-9-3-10-22-39)59-57(61-58)40-23-11-4-12-24-40)42-30-32-46-49-33-34-50-53(38-19-7-2-8-20-38)47-27-15-16-28-48(47)54(50)55(49)62-52(46)36-42/h1-36,53H. The highest BCUT2D eigenvalue weighted by Gasteiger charge is 2.32. The second kappa shape index (κ2) is 15.0. The maximum absolute atomic E-state index is 5.27. The summed E-state index contributed by atoms with van der Waals surface area (Å²) in [4.78, 5) is 15.6. The molecule has 62 heavy (non-hydrogen) atoms. The number of aromatic nitrogens is 3. The summed E-state index contributed by atoms with van der Waals surface area (Å²) in [7, 11) is 0. The lowest BCUT2D eigenvalue weighted by Gasteiger charge is -2.16. The van der Waals surface area contributed by atoms with Crippen LogP contribution in [-0.4, -0.2) is 15.0 Å². The molecule has 12 rings (SSSR count). The highest BCUT2D eigenvalue weighted by atomic mass is 32.1. The minimum Gasteiger partial charge on any atom is -0.208 e. The van der Waals surface area contributed by atoms with E-state index in [9.17, 15) is 0 Å². The maximum atomic E-state index is 5.27. The minimum atomic E-state index is 0.211. The van der Waals surface area contributed by atoms with Gasteiger partial charge in [0.2, 0.25) is 0 Å². The van der Waals surface area contributed by atoms with Gasteiger partial charge in [-0.15, -0.1) is 11.3 Å². The van der Waals surface area contributed by atoms with Crippen LogP contribution in [0.25, 0.3) is 98.8 Å². The average Bonchev–Trinajstić information content (AvgIpc) is 3.90. The molecule has 0 saturated heterocycles. The van der Waals surface area contributed by atoms with Crippen LogP contribution in [0.1, 0.15) is 22.6 Å². The van der Waals surface area contributed by atoms with E-state index in [1.54, 1.807) is 0 Å². The van der Waals surface area contributed by atoms with Crippen molar-refractivity contribution in [1.82, 2.24) is 15.0 Å². The largest absolute Gasteiger partial charge is 0.208 e. The highest BCUT2D eigenvalue weighted by Crippen LogP contribution is 2.53. The molecule has 0 N–H and O–H groups in total. The molecule has 1 aliphatic rings. The number of nitrogens with zero attached hydrogens (tertiary/aromatic N) is 3. The van der Waals surface area contributed by atoms with Gasteiger partial charge in [-0.1, -0.05) is 206 Å². The second-order valence-corrected chi connectivity index (χ2v) is 16.9. The number of hydrogen-bond donors (Lipinski definition) is 0. The van der Waals surface area contributed by atoms with Crippen LogP contribution in [0.4, 0.5) is 0 Å². The van der Waals surface area contributed by atoms with Gasteiger partial charge in [0.15, 0.2) is 17.5 Å². The van der Waals surface area contributed by atoms with Crippen LogP contribution in [0, 0.1) is 0 Å². The van der Waals surface area contributed by atoms with Crippen molar-refractivity contribution in [3.05, 3.63) is 235 Å². The molecule has 290 valence electrons. The van der Waals surface area contributed by atoms with Gasteiger partial charge in [0.1, 0.15) is 0 Å². The van der Waals surface area contributed by atoms with E-state index in [1.165, 1.54) is 59.1 Å². The second-order valence-electron chi connectivity index (χ2n) is 15.9. The van der Waals surface area contributed by atoms with Crippen molar-refractivity contribution in [2.24, 2.45) is 0 Å². The predicted molar refractivity (Wildman–Crippen MR) is 258 cm³/mol. The molecule has 0 fully saturated rings. The molecular formula is C58H37N3S.